The fourth-order valence-electron chi connectivity index (χ4n) is 2.83. The molecule has 1 heterocycles. The quantitative estimate of drug-likeness (QED) is 0.667. The summed E-state index contributed by atoms with van der Waals surface area (Å²) in [5, 5.41) is 21.2. The third-order valence-corrected chi connectivity index (χ3v) is 4.17. The molecule has 0 amide bonds. The fraction of sp³-hybridized carbons (Fsp3) is 0.333. The van der Waals surface area contributed by atoms with Crippen LogP contribution < -0.4 is 0 Å². The van der Waals surface area contributed by atoms with Crippen LogP contribution in [0, 0.1) is 18.3 Å². The molecule has 0 bridgehead atoms. The zero-order valence-corrected chi connectivity index (χ0v) is 14.6. The van der Waals surface area contributed by atoms with E-state index in [0.717, 1.165) is 5.56 Å². The average Bonchev–Trinajstić information content (AvgIpc) is 2.82. The normalized spacial score (nSPS) is 13.2. The molecule has 0 fully saturated rings. The van der Waals surface area contributed by atoms with E-state index in [4.69, 9.17) is 16.3 Å². The van der Waals surface area contributed by atoms with Crippen LogP contribution in [0.4, 0.5) is 0 Å². The summed E-state index contributed by atoms with van der Waals surface area (Å²) < 4.78 is 6.64. The summed E-state index contributed by atoms with van der Waals surface area (Å²) in [6, 6.07) is 10.2. The van der Waals surface area contributed by atoms with Crippen molar-refractivity contribution in [2.45, 2.75) is 25.9 Å². The van der Waals surface area contributed by atoms with E-state index in [1.54, 1.807) is 55.8 Å². The third-order valence-electron chi connectivity index (χ3n) is 3.92. The summed E-state index contributed by atoms with van der Waals surface area (Å²) in [6.45, 7) is 3.85. The van der Waals surface area contributed by atoms with Gasteiger partial charge in [-0.25, -0.2) is 0 Å². The van der Waals surface area contributed by atoms with Gasteiger partial charge in [-0.1, -0.05) is 23.7 Å². The van der Waals surface area contributed by atoms with Gasteiger partial charge < -0.3 is 14.4 Å². The Morgan fingerprint density at radius 3 is 2.58 bits per heavy atom. The van der Waals surface area contributed by atoms with Gasteiger partial charge in [0.2, 0.25) is 5.60 Å². The number of halogens is 1. The summed E-state index contributed by atoms with van der Waals surface area (Å²) in [6.07, 6.45) is 0.0767. The number of benzene rings is 1. The van der Waals surface area contributed by atoms with Crippen molar-refractivity contribution in [2.75, 3.05) is 6.61 Å². The van der Waals surface area contributed by atoms with E-state index in [2.05, 4.69) is 0 Å². The summed E-state index contributed by atoms with van der Waals surface area (Å²) in [7, 11) is 1.72. The van der Waals surface area contributed by atoms with E-state index in [-0.39, 0.29) is 12.4 Å². The molecule has 1 aromatic carbocycles. The maximum atomic E-state index is 11.7. The molecule has 1 unspecified atom stereocenters. The van der Waals surface area contributed by atoms with Crippen LogP contribution in [-0.2, 0) is 28.6 Å². The van der Waals surface area contributed by atoms with Crippen LogP contribution in [0.1, 0.15) is 29.4 Å². The van der Waals surface area contributed by atoms with Gasteiger partial charge in [0.05, 0.1) is 18.7 Å². The van der Waals surface area contributed by atoms with E-state index in [9.17, 15) is 15.2 Å². The summed E-state index contributed by atoms with van der Waals surface area (Å²) in [4.78, 5) is 11.7. The molecule has 0 aliphatic heterocycles. The molecule has 2 rings (SSSR count). The Bertz CT molecular complexity index is 790. The van der Waals surface area contributed by atoms with Gasteiger partial charge in [0.25, 0.3) is 0 Å². The highest BCUT2D eigenvalue weighted by molar-refractivity contribution is 6.30. The largest absolute Gasteiger partial charge is 0.466 e. The second kappa shape index (κ2) is 7.08. The van der Waals surface area contributed by atoms with Crippen molar-refractivity contribution in [3.05, 3.63) is 57.9 Å². The lowest BCUT2D eigenvalue weighted by Gasteiger charge is -2.23. The van der Waals surface area contributed by atoms with E-state index in [1.165, 1.54) is 0 Å². The molecule has 1 aromatic heterocycles. The predicted molar refractivity (Wildman–Crippen MR) is 90.6 cm³/mol. The molecule has 24 heavy (non-hydrogen) atoms. The average molecular weight is 347 g/mol. The lowest BCUT2D eigenvalue weighted by atomic mass is 9.90. The van der Waals surface area contributed by atoms with Gasteiger partial charge in [0.15, 0.2) is 0 Å². The van der Waals surface area contributed by atoms with Gasteiger partial charge in [-0.05, 0) is 37.6 Å². The number of rotatable bonds is 5. The van der Waals surface area contributed by atoms with Crippen LogP contribution in [-0.4, -0.2) is 22.2 Å². The van der Waals surface area contributed by atoms with Gasteiger partial charge in [-0.15, -0.1) is 0 Å². The molecule has 0 radical (unpaired) electrons. The first-order valence-electron chi connectivity index (χ1n) is 7.54. The minimum absolute atomic E-state index is 0.0767. The molecule has 0 spiro atoms. The van der Waals surface area contributed by atoms with Crippen molar-refractivity contribution in [3.63, 3.8) is 0 Å². The van der Waals surface area contributed by atoms with Crippen molar-refractivity contribution < 1.29 is 14.6 Å². The van der Waals surface area contributed by atoms with Crippen LogP contribution in [0.2, 0.25) is 5.02 Å². The minimum atomic E-state index is -1.84. The van der Waals surface area contributed by atoms with Crippen LogP contribution >= 0.6 is 11.6 Å². The number of carbonyl (C=O) groups is 1. The van der Waals surface area contributed by atoms with E-state index < -0.39 is 5.60 Å². The number of carbonyl (C=O) groups excluding carboxylic acids is 1. The lowest BCUT2D eigenvalue weighted by molar-refractivity contribution is -0.142. The maximum Gasteiger partial charge on any atom is 0.311 e. The zero-order chi connectivity index (χ0) is 17.9. The van der Waals surface area contributed by atoms with Crippen LogP contribution in [0.25, 0.3) is 0 Å². The second-order valence-corrected chi connectivity index (χ2v) is 5.97. The van der Waals surface area contributed by atoms with Crippen molar-refractivity contribution in [1.82, 2.24) is 4.57 Å². The monoisotopic (exact) mass is 346 g/mol. The highest BCUT2D eigenvalue weighted by Gasteiger charge is 2.36. The number of ether oxygens (including phenoxy) is 1. The SMILES string of the molecule is CCOC(=O)Cc1cc(C)c(C(O)(C#N)c2ccc(Cl)cc2)n1C. The lowest BCUT2D eigenvalue weighted by Crippen LogP contribution is -2.29. The Morgan fingerprint density at radius 2 is 2.04 bits per heavy atom. The van der Waals surface area contributed by atoms with E-state index >= 15 is 0 Å². The fourth-order valence-corrected chi connectivity index (χ4v) is 2.95. The summed E-state index contributed by atoms with van der Waals surface area (Å²) in [5.74, 6) is -0.350. The van der Waals surface area contributed by atoms with Gasteiger partial charge in [0.1, 0.15) is 6.07 Å². The van der Waals surface area contributed by atoms with E-state index in [0.29, 0.717) is 28.6 Å². The number of hydrogen-bond acceptors (Lipinski definition) is 4. The van der Waals surface area contributed by atoms with Gasteiger partial charge >= 0.3 is 5.97 Å². The topological polar surface area (TPSA) is 75.2 Å². The van der Waals surface area contributed by atoms with Crippen molar-refractivity contribution >= 4 is 17.6 Å². The van der Waals surface area contributed by atoms with Crippen LogP contribution in [0.5, 0.6) is 0 Å². The van der Waals surface area contributed by atoms with Crippen molar-refractivity contribution in [3.8, 4) is 6.07 Å². The first-order valence-corrected chi connectivity index (χ1v) is 7.92. The summed E-state index contributed by atoms with van der Waals surface area (Å²) in [5.41, 5.74) is 0.392. The smallest absolute Gasteiger partial charge is 0.311 e. The highest BCUT2D eigenvalue weighted by Crippen LogP contribution is 2.33. The molecule has 0 aliphatic carbocycles. The number of aryl methyl sites for hydroxylation is 1. The van der Waals surface area contributed by atoms with E-state index in [1.807, 2.05) is 6.07 Å². The number of esters is 1. The Kier molecular flexibility index (Phi) is 5.33. The molecule has 0 saturated heterocycles. The molecule has 2 aromatic rings. The van der Waals surface area contributed by atoms with Gasteiger partial charge in [-0.3, -0.25) is 4.79 Å². The molecule has 1 N–H and O–H groups in total. The number of aliphatic hydroxyl groups is 1. The third kappa shape index (κ3) is 3.30. The maximum absolute atomic E-state index is 11.7. The number of nitriles is 1. The Labute approximate surface area is 146 Å². The molecule has 6 heteroatoms. The number of aromatic nitrogens is 1. The van der Waals surface area contributed by atoms with Crippen LogP contribution in [0.15, 0.2) is 30.3 Å². The molecular weight excluding hydrogens is 328 g/mol. The molecule has 5 nitrogen and oxygen atoms in total. The number of nitrogens with zero attached hydrogens (tertiary/aromatic N) is 2. The second-order valence-electron chi connectivity index (χ2n) is 5.54. The van der Waals surface area contributed by atoms with Crippen molar-refractivity contribution in [2.24, 2.45) is 7.05 Å². The molecular formula is C18H19ClN2O3. The standard InChI is InChI=1S/C18H19ClN2O3/c1-4-24-16(22)10-15-9-12(2)17(21(15)3)18(23,11-20)13-5-7-14(19)8-6-13/h5-9,23H,4,10H2,1-3H3. The minimum Gasteiger partial charge on any atom is -0.466 e. The zero-order valence-electron chi connectivity index (χ0n) is 13.8. The molecule has 0 saturated carbocycles. The Balaban J connectivity index is 2.50. The first kappa shape index (κ1) is 18.1. The Hall–Kier alpha value is -2.29. The Morgan fingerprint density at radius 1 is 1.42 bits per heavy atom. The number of hydrogen-bond donors (Lipinski definition) is 1. The predicted octanol–water partition coefficient (Wildman–Crippen LogP) is 2.85. The first-order chi connectivity index (χ1) is 11.3. The molecule has 0 aliphatic rings. The summed E-state index contributed by atoms with van der Waals surface area (Å²) >= 11 is 5.88. The van der Waals surface area contributed by atoms with Crippen molar-refractivity contribution in [1.29, 1.82) is 5.26 Å². The molecule has 126 valence electrons. The van der Waals surface area contributed by atoms with Crippen LogP contribution in [0.3, 0.4) is 0 Å². The highest BCUT2D eigenvalue weighted by atomic mass is 35.5. The van der Waals surface area contributed by atoms with Gasteiger partial charge in [0, 0.05) is 23.3 Å². The van der Waals surface area contributed by atoms with Gasteiger partial charge in [-0.2, -0.15) is 5.26 Å². The molecule has 1 atom stereocenters.